The van der Waals surface area contributed by atoms with Crippen LogP contribution in [0.2, 0.25) is 0 Å². The SMILES string of the molecule is CC.Nc1ccc(-c2nc(N3CCOCC3)c3cccn3n2)cc1. The summed E-state index contributed by atoms with van der Waals surface area (Å²) in [5, 5.41) is 4.60. The fraction of sp³-hybridized carbons (Fsp3) is 0.333. The van der Waals surface area contributed by atoms with Gasteiger partial charge in [-0.2, -0.15) is 0 Å². The van der Waals surface area contributed by atoms with E-state index in [4.69, 9.17) is 15.5 Å². The molecule has 3 aromatic rings. The predicted octanol–water partition coefficient (Wildman–Crippen LogP) is 2.84. The monoisotopic (exact) mass is 325 g/mol. The maximum Gasteiger partial charge on any atom is 0.182 e. The molecule has 0 spiro atoms. The maximum absolute atomic E-state index is 5.76. The van der Waals surface area contributed by atoms with Crippen molar-refractivity contribution in [3.8, 4) is 11.4 Å². The van der Waals surface area contributed by atoms with Crippen LogP contribution in [0.25, 0.3) is 16.9 Å². The third-order valence-corrected chi connectivity index (χ3v) is 3.85. The second kappa shape index (κ2) is 7.31. The molecule has 0 saturated carbocycles. The molecule has 4 rings (SSSR count). The summed E-state index contributed by atoms with van der Waals surface area (Å²) in [5.41, 5.74) is 8.47. The summed E-state index contributed by atoms with van der Waals surface area (Å²) in [4.78, 5) is 7.05. The van der Waals surface area contributed by atoms with E-state index in [0.29, 0.717) is 5.82 Å². The maximum atomic E-state index is 5.76. The summed E-state index contributed by atoms with van der Waals surface area (Å²) in [6, 6.07) is 11.7. The van der Waals surface area contributed by atoms with Gasteiger partial charge in [-0.15, -0.1) is 5.10 Å². The number of nitrogen functional groups attached to an aromatic ring is 1. The summed E-state index contributed by atoms with van der Waals surface area (Å²) in [5.74, 6) is 1.65. The zero-order chi connectivity index (χ0) is 16.9. The molecule has 1 aromatic carbocycles. The van der Waals surface area contributed by atoms with E-state index < -0.39 is 0 Å². The first kappa shape index (κ1) is 16.3. The van der Waals surface area contributed by atoms with Gasteiger partial charge in [0.15, 0.2) is 11.6 Å². The van der Waals surface area contributed by atoms with Crippen molar-refractivity contribution in [2.75, 3.05) is 36.9 Å². The Morgan fingerprint density at radius 2 is 1.75 bits per heavy atom. The molecule has 1 aliphatic rings. The lowest BCUT2D eigenvalue weighted by Crippen LogP contribution is -2.37. The van der Waals surface area contributed by atoms with Crippen molar-refractivity contribution in [1.29, 1.82) is 0 Å². The number of nitrogens with two attached hydrogens (primary N) is 1. The lowest BCUT2D eigenvalue weighted by molar-refractivity contribution is 0.122. The third-order valence-electron chi connectivity index (χ3n) is 3.85. The van der Waals surface area contributed by atoms with Crippen LogP contribution in [-0.4, -0.2) is 40.9 Å². The Kier molecular flexibility index (Phi) is 4.96. The number of rotatable bonds is 2. The molecule has 6 nitrogen and oxygen atoms in total. The van der Waals surface area contributed by atoms with E-state index in [0.717, 1.165) is 48.9 Å². The number of hydrogen-bond donors (Lipinski definition) is 1. The highest BCUT2D eigenvalue weighted by Gasteiger charge is 2.18. The Morgan fingerprint density at radius 1 is 1.04 bits per heavy atom. The number of fused-ring (bicyclic) bond motifs is 1. The first-order valence-electron chi connectivity index (χ1n) is 8.35. The van der Waals surface area contributed by atoms with Crippen LogP contribution in [0, 0.1) is 0 Å². The molecule has 0 aliphatic carbocycles. The highest BCUT2D eigenvalue weighted by atomic mass is 16.5. The molecule has 3 heterocycles. The zero-order valence-electron chi connectivity index (χ0n) is 14.1. The zero-order valence-corrected chi connectivity index (χ0v) is 14.1. The molecule has 1 aliphatic heterocycles. The largest absolute Gasteiger partial charge is 0.399 e. The Hall–Kier alpha value is -2.60. The minimum atomic E-state index is 0.699. The van der Waals surface area contributed by atoms with Crippen molar-refractivity contribution in [2.45, 2.75) is 13.8 Å². The van der Waals surface area contributed by atoms with Gasteiger partial charge < -0.3 is 15.4 Å². The second-order valence-corrected chi connectivity index (χ2v) is 5.32. The molecule has 2 aromatic heterocycles. The van der Waals surface area contributed by atoms with Crippen molar-refractivity contribution < 1.29 is 4.74 Å². The van der Waals surface area contributed by atoms with Crippen molar-refractivity contribution in [2.24, 2.45) is 0 Å². The Bertz CT molecular complexity index is 791. The highest BCUT2D eigenvalue weighted by molar-refractivity contribution is 5.72. The van der Waals surface area contributed by atoms with E-state index in [-0.39, 0.29) is 0 Å². The molecule has 1 fully saturated rings. The molecule has 0 unspecified atom stereocenters. The van der Waals surface area contributed by atoms with Crippen LogP contribution in [0.1, 0.15) is 13.8 Å². The van der Waals surface area contributed by atoms with Gasteiger partial charge in [0.2, 0.25) is 0 Å². The number of morpholine rings is 1. The Balaban J connectivity index is 0.000000815. The normalized spacial score (nSPS) is 14.3. The first-order valence-corrected chi connectivity index (χ1v) is 8.35. The van der Waals surface area contributed by atoms with Crippen molar-refractivity contribution in [3.05, 3.63) is 42.6 Å². The van der Waals surface area contributed by atoms with Gasteiger partial charge in [0.1, 0.15) is 5.52 Å². The van der Waals surface area contributed by atoms with Crippen LogP contribution in [0.5, 0.6) is 0 Å². The lowest BCUT2D eigenvalue weighted by Gasteiger charge is -2.28. The molecule has 1 saturated heterocycles. The molecule has 2 N–H and O–H groups in total. The first-order chi connectivity index (χ1) is 11.8. The topological polar surface area (TPSA) is 68.7 Å². The van der Waals surface area contributed by atoms with Gasteiger partial charge >= 0.3 is 0 Å². The number of benzene rings is 1. The van der Waals surface area contributed by atoms with Gasteiger partial charge in [0.05, 0.1) is 13.2 Å². The Morgan fingerprint density at radius 3 is 2.46 bits per heavy atom. The summed E-state index contributed by atoms with van der Waals surface area (Å²) in [6.45, 7) is 7.15. The van der Waals surface area contributed by atoms with Gasteiger partial charge in [0.25, 0.3) is 0 Å². The molecule has 0 radical (unpaired) electrons. The second-order valence-electron chi connectivity index (χ2n) is 5.32. The number of hydrogen-bond acceptors (Lipinski definition) is 5. The smallest absolute Gasteiger partial charge is 0.182 e. The molecule has 126 valence electrons. The molecule has 24 heavy (non-hydrogen) atoms. The van der Waals surface area contributed by atoms with Crippen LogP contribution >= 0.6 is 0 Å². The number of ether oxygens (including phenoxy) is 1. The van der Waals surface area contributed by atoms with Gasteiger partial charge in [-0.3, -0.25) is 0 Å². The fourth-order valence-electron chi connectivity index (χ4n) is 2.68. The van der Waals surface area contributed by atoms with Gasteiger partial charge in [-0.1, -0.05) is 13.8 Å². The summed E-state index contributed by atoms with van der Waals surface area (Å²) in [7, 11) is 0. The molecule has 6 heteroatoms. The van der Waals surface area contributed by atoms with Crippen LogP contribution in [-0.2, 0) is 4.74 Å². The van der Waals surface area contributed by atoms with E-state index >= 15 is 0 Å². The summed E-state index contributed by atoms with van der Waals surface area (Å²) < 4.78 is 7.32. The van der Waals surface area contributed by atoms with E-state index in [1.165, 1.54) is 0 Å². The minimum Gasteiger partial charge on any atom is -0.399 e. The Labute approximate surface area is 141 Å². The van der Waals surface area contributed by atoms with Crippen LogP contribution in [0.15, 0.2) is 42.6 Å². The lowest BCUT2D eigenvalue weighted by atomic mass is 10.2. The quantitative estimate of drug-likeness (QED) is 0.734. The molecular formula is C18H23N5O. The average Bonchev–Trinajstić information content (AvgIpc) is 3.12. The van der Waals surface area contributed by atoms with Gasteiger partial charge in [-0.05, 0) is 36.4 Å². The summed E-state index contributed by atoms with van der Waals surface area (Å²) in [6.07, 6.45) is 1.95. The predicted molar refractivity (Wildman–Crippen MR) is 97.2 cm³/mol. The third kappa shape index (κ3) is 3.19. The number of nitrogens with zero attached hydrogens (tertiary/aromatic N) is 4. The average molecular weight is 325 g/mol. The fourth-order valence-corrected chi connectivity index (χ4v) is 2.68. The number of aromatic nitrogens is 3. The molecular weight excluding hydrogens is 302 g/mol. The minimum absolute atomic E-state index is 0.699. The van der Waals surface area contributed by atoms with E-state index in [2.05, 4.69) is 10.00 Å². The molecule has 0 amide bonds. The van der Waals surface area contributed by atoms with Crippen LogP contribution in [0.4, 0.5) is 11.5 Å². The van der Waals surface area contributed by atoms with Crippen molar-refractivity contribution in [1.82, 2.24) is 14.6 Å². The highest BCUT2D eigenvalue weighted by Crippen LogP contribution is 2.24. The van der Waals surface area contributed by atoms with Gasteiger partial charge in [-0.25, -0.2) is 9.50 Å². The van der Waals surface area contributed by atoms with Crippen molar-refractivity contribution in [3.63, 3.8) is 0 Å². The summed E-state index contributed by atoms with van der Waals surface area (Å²) >= 11 is 0. The van der Waals surface area contributed by atoms with E-state index in [1.807, 2.05) is 61.0 Å². The van der Waals surface area contributed by atoms with E-state index in [1.54, 1.807) is 0 Å². The van der Waals surface area contributed by atoms with Crippen molar-refractivity contribution >= 4 is 17.0 Å². The molecule has 0 bridgehead atoms. The molecule has 0 atom stereocenters. The van der Waals surface area contributed by atoms with E-state index in [9.17, 15) is 0 Å². The standard InChI is InChI=1S/C16H17N5O.C2H6/c17-13-5-3-12(4-6-13)15-18-16(20-8-10-22-11-9-20)14-2-1-7-21(14)19-15;1-2/h1-7H,8-11,17H2;1-2H3. The number of anilines is 2. The van der Waals surface area contributed by atoms with Gasteiger partial charge in [0, 0.05) is 30.5 Å². The van der Waals surface area contributed by atoms with Crippen LogP contribution in [0.3, 0.4) is 0 Å². The van der Waals surface area contributed by atoms with Crippen LogP contribution < -0.4 is 10.6 Å².